The van der Waals surface area contributed by atoms with Gasteiger partial charge in [0, 0.05) is 34.8 Å². The molecular formula is C21H23N5O. The highest BCUT2D eigenvalue weighted by atomic mass is 16.1. The number of fused-ring (bicyclic) bond motifs is 2. The summed E-state index contributed by atoms with van der Waals surface area (Å²) in [5, 5.41) is 9.96. The lowest BCUT2D eigenvalue weighted by Crippen LogP contribution is -2.45. The van der Waals surface area contributed by atoms with Crippen molar-refractivity contribution in [1.82, 2.24) is 14.5 Å². The van der Waals surface area contributed by atoms with E-state index in [-0.39, 0.29) is 17.1 Å². The van der Waals surface area contributed by atoms with Gasteiger partial charge in [-0.25, -0.2) is 4.98 Å². The normalized spacial score (nSPS) is 15.3. The van der Waals surface area contributed by atoms with Crippen LogP contribution in [0.15, 0.2) is 35.3 Å². The average Bonchev–Trinajstić information content (AvgIpc) is 3.12. The van der Waals surface area contributed by atoms with Crippen molar-refractivity contribution < 1.29 is 0 Å². The lowest BCUT2D eigenvalue weighted by atomic mass is 10.0. The number of nitrogens with one attached hydrogen (secondary N) is 1. The third kappa shape index (κ3) is 2.71. The first-order chi connectivity index (χ1) is 12.8. The Balaban J connectivity index is 1.90. The van der Waals surface area contributed by atoms with Gasteiger partial charge in [-0.1, -0.05) is 6.07 Å². The molecule has 3 heterocycles. The molecule has 0 saturated carbocycles. The van der Waals surface area contributed by atoms with Crippen LogP contribution in [0, 0.1) is 11.3 Å². The molecule has 0 saturated heterocycles. The molecular weight excluding hydrogens is 338 g/mol. The summed E-state index contributed by atoms with van der Waals surface area (Å²) in [5.74, 6) is 0.722. The monoisotopic (exact) mass is 361 g/mol. The van der Waals surface area contributed by atoms with Gasteiger partial charge in [0.05, 0.1) is 30.3 Å². The molecule has 1 aliphatic rings. The number of anilines is 1. The molecule has 2 aromatic heterocycles. The summed E-state index contributed by atoms with van der Waals surface area (Å²) in [6.45, 7) is 9.15. The number of benzene rings is 1. The predicted molar refractivity (Wildman–Crippen MR) is 107 cm³/mol. The molecule has 3 aromatic rings. The number of aromatic amines is 1. The second-order valence-corrected chi connectivity index (χ2v) is 8.06. The molecule has 0 aliphatic carbocycles. The van der Waals surface area contributed by atoms with Crippen molar-refractivity contribution in [2.24, 2.45) is 0 Å². The Labute approximate surface area is 158 Å². The van der Waals surface area contributed by atoms with E-state index in [1.54, 1.807) is 10.6 Å². The molecule has 1 aliphatic heterocycles. The summed E-state index contributed by atoms with van der Waals surface area (Å²) in [6, 6.07) is 9.95. The van der Waals surface area contributed by atoms with E-state index < -0.39 is 0 Å². The number of nitrogens with zero attached hydrogens (tertiary/aromatic N) is 4. The van der Waals surface area contributed by atoms with Crippen LogP contribution in [0.3, 0.4) is 0 Å². The van der Waals surface area contributed by atoms with E-state index in [4.69, 9.17) is 10.2 Å². The Morgan fingerprint density at radius 1 is 1.33 bits per heavy atom. The van der Waals surface area contributed by atoms with E-state index in [0.29, 0.717) is 18.7 Å². The zero-order valence-electron chi connectivity index (χ0n) is 16.1. The van der Waals surface area contributed by atoms with Crippen LogP contribution in [0.1, 0.15) is 33.3 Å². The SMILES string of the molecule is CC(C)N1c2nc(-c3c[nH]c4ccc(CC#N)cc34)cc(=O)n2CC1(C)C. The average molecular weight is 361 g/mol. The lowest BCUT2D eigenvalue weighted by molar-refractivity contribution is 0.425. The molecule has 27 heavy (non-hydrogen) atoms. The molecule has 0 amide bonds. The van der Waals surface area contributed by atoms with Crippen molar-refractivity contribution in [2.75, 3.05) is 4.90 Å². The summed E-state index contributed by atoms with van der Waals surface area (Å²) in [5.41, 5.74) is 3.28. The standard InChI is InChI=1S/C21H23N5O/c1-13(2)26-20-24-18(10-19(27)25(20)12-21(26,3)4)16-11-23-17-6-5-14(7-8-22)9-15(16)17/h5-6,9-11,13,23H,7,12H2,1-4H3. The summed E-state index contributed by atoms with van der Waals surface area (Å²) in [7, 11) is 0. The van der Waals surface area contributed by atoms with E-state index in [2.05, 4.69) is 43.6 Å². The van der Waals surface area contributed by atoms with Gasteiger partial charge in [0.25, 0.3) is 5.56 Å². The Morgan fingerprint density at radius 2 is 2.11 bits per heavy atom. The van der Waals surface area contributed by atoms with Crippen LogP contribution in [-0.2, 0) is 13.0 Å². The summed E-state index contributed by atoms with van der Waals surface area (Å²) < 4.78 is 1.76. The van der Waals surface area contributed by atoms with Gasteiger partial charge in [-0.2, -0.15) is 5.26 Å². The van der Waals surface area contributed by atoms with E-state index in [9.17, 15) is 4.79 Å². The largest absolute Gasteiger partial charge is 0.360 e. The highest BCUT2D eigenvalue weighted by Crippen LogP contribution is 2.35. The Kier molecular flexibility index (Phi) is 3.84. The molecule has 0 spiro atoms. The maximum absolute atomic E-state index is 12.8. The first-order valence-corrected chi connectivity index (χ1v) is 9.20. The van der Waals surface area contributed by atoms with Gasteiger partial charge in [0.15, 0.2) is 0 Å². The van der Waals surface area contributed by atoms with E-state index in [0.717, 1.165) is 28.0 Å². The van der Waals surface area contributed by atoms with Crippen molar-refractivity contribution in [1.29, 1.82) is 5.26 Å². The van der Waals surface area contributed by atoms with Crippen LogP contribution in [0.25, 0.3) is 22.2 Å². The number of hydrogen-bond acceptors (Lipinski definition) is 4. The van der Waals surface area contributed by atoms with Gasteiger partial charge in [-0.05, 0) is 45.4 Å². The van der Waals surface area contributed by atoms with Gasteiger partial charge in [0.1, 0.15) is 0 Å². The van der Waals surface area contributed by atoms with Crippen LogP contribution < -0.4 is 10.5 Å². The van der Waals surface area contributed by atoms with E-state index in [1.807, 2.05) is 24.4 Å². The van der Waals surface area contributed by atoms with E-state index >= 15 is 0 Å². The molecule has 0 bridgehead atoms. The lowest BCUT2D eigenvalue weighted by Gasteiger charge is -2.35. The number of hydrogen-bond donors (Lipinski definition) is 1. The van der Waals surface area contributed by atoms with Gasteiger partial charge in [-0.15, -0.1) is 0 Å². The third-order valence-corrected chi connectivity index (χ3v) is 5.22. The van der Waals surface area contributed by atoms with Crippen molar-refractivity contribution in [3.63, 3.8) is 0 Å². The fraction of sp³-hybridized carbons (Fsp3) is 0.381. The fourth-order valence-electron chi connectivity index (χ4n) is 4.21. The fourth-order valence-corrected chi connectivity index (χ4v) is 4.21. The quantitative estimate of drug-likeness (QED) is 0.775. The van der Waals surface area contributed by atoms with E-state index in [1.165, 1.54) is 0 Å². The molecule has 138 valence electrons. The predicted octanol–water partition coefficient (Wildman–Crippen LogP) is 3.46. The molecule has 1 N–H and O–H groups in total. The minimum absolute atomic E-state index is 0.0336. The summed E-state index contributed by atoms with van der Waals surface area (Å²) >= 11 is 0. The zero-order chi connectivity index (χ0) is 19.3. The minimum Gasteiger partial charge on any atom is -0.360 e. The maximum Gasteiger partial charge on any atom is 0.255 e. The molecule has 1 aromatic carbocycles. The number of nitriles is 1. The number of aromatic nitrogens is 3. The summed E-state index contributed by atoms with van der Waals surface area (Å²) in [4.78, 5) is 23.2. The van der Waals surface area contributed by atoms with Crippen molar-refractivity contribution in [3.8, 4) is 17.3 Å². The molecule has 4 rings (SSSR count). The van der Waals surface area contributed by atoms with Gasteiger partial charge >= 0.3 is 0 Å². The van der Waals surface area contributed by atoms with Gasteiger partial charge in [-0.3, -0.25) is 9.36 Å². The van der Waals surface area contributed by atoms with Crippen LogP contribution in [0.4, 0.5) is 5.95 Å². The molecule has 0 atom stereocenters. The van der Waals surface area contributed by atoms with Crippen LogP contribution in [0.2, 0.25) is 0 Å². The third-order valence-electron chi connectivity index (χ3n) is 5.22. The zero-order valence-corrected chi connectivity index (χ0v) is 16.1. The first kappa shape index (κ1) is 17.3. The number of rotatable bonds is 3. The molecule has 0 radical (unpaired) electrons. The van der Waals surface area contributed by atoms with Crippen molar-refractivity contribution in [3.05, 3.63) is 46.4 Å². The second-order valence-electron chi connectivity index (χ2n) is 8.06. The maximum atomic E-state index is 12.8. The Morgan fingerprint density at radius 3 is 2.81 bits per heavy atom. The Bertz CT molecular complexity index is 1130. The van der Waals surface area contributed by atoms with Gasteiger partial charge in [0.2, 0.25) is 5.95 Å². The highest BCUT2D eigenvalue weighted by Gasteiger charge is 2.39. The van der Waals surface area contributed by atoms with Crippen LogP contribution in [0.5, 0.6) is 0 Å². The van der Waals surface area contributed by atoms with Crippen LogP contribution in [-0.4, -0.2) is 26.1 Å². The summed E-state index contributed by atoms with van der Waals surface area (Å²) in [6.07, 6.45) is 2.25. The Hall–Kier alpha value is -3.07. The first-order valence-electron chi connectivity index (χ1n) is 9.20. The molecule has 6 nitrogen and oxygen atoms in total. The highest BCUT2D eigenvalue weighted by molar-refractivity contribution is 5.95. The molecule has 6 heteroatoms. The topological polar surface area (TPSA) is 77.7 Å². The van der Waals surface area contributed by atoms with Gasteiger partial charge < -0.3 is 9.88 Å². The number of H-pyrrole nitrogens is 1. The minimum atomic E-state index is -0.161. The van der Waals surface area contributed by atoms with Crippen LogP contribution >= 0.6 is 0 Å². The smallest absolute Gasteiger partial charge is 0.255 e. The molecule has 0 unspecified atom stereocenters. The molecule has 0 fully saturated rings. The van der Waals surface area contributed by atoms with Crippen molar-refractivity contribution >= 4 is 16.9 Å². The second kappa shape index (κ2) is 5.98. The van der Waals surface area contributed by atoms with Crippen molar-refractivity contribution in [2.45, 2.75) is 52.2 Å².